The van der Waals surface area contributed by atoms with Crippen LogP contribution in [0.1, 0.15) is 66.2 Å². The molecule has 2 nitrogen and oxygen atoms in total. The average Bonchev–Trinajstić information content (AvgIpc) is 2.39. The predicted octanol–water partition coefficient (Wildman–Crippen LogP) is 3.67. The number of nitrogens with one attached hydrogen (secondary N) is 1. The van der Waals surface area contributed by atoms with E-state index in [4.69, 9.17) is 0 Å². The predicted molar refractivity (Wildman–Crippen MR) is 81.0 cm³/mol. The highest BCUT2D eigenvalue weighted by Crippen LogP contribution is 2.26. The third-order valence-corrected chi connectivity index (χ3v) is 4.50. The topological polar surface area (TPSA) is 15.3 Å². The summed E-state index contributed by atoms with van der Waals surface area (Å²) in [5, 5.41) is 3.63. The smallest absolute Gasteiger partial charge is 0.0223 e. The highest BCUT2D eigenvalue weighted by atomic mass is 15.2. The first-order valence-electron chi connectivity index (χ1n) is 8.19. The summed E-state index contributed by atoms with van der Waals surface area (Å²) in [4.78, 5) is 2.80. The molecule has 0 saturated carbocycles. The molecule has 1 aliphatic heterocycles. The molecule has 3 atom stereocenters. The second kappa shape index (κ2) is 8.92. The maximum atomic E-state index is 3.63. The average molecular weight is 254 g/mol. The quantitative estimate of drug-likeness (QED) is 0.665. The molecule has 0 aromatic carbocycles. The molecule has 2 heteroatoms. The lowest BCUT2D eigenvalue weighted by atomic mass is 9.89. The van der Waals surface area contributed by atoms with Gasteiger partial charge in [-0.3, -0.25) is 4.90 Å². The zero-order chi connectivity index (χ0) is 13.4. The molecular weight excluding hydrogens is 220 g/mol. The number of likely N-dealkylation sites (tertiary alicyclic amines) is 1. The Bertz CT molecular complexity index is 205. The summed E-state index contributed by atoms with van der Waals surface area (Å²) in [5.74, 6) is 0.937. The maximum Gasteiger partial charge on any atom is 0.0223 e. The van der Waals surface area contributed by atoms with Crippen LogP contribution in [0.25, 0.3) is 0 Å². The van der Waals surface area contributed by atoms with Gasteiger partial charge in [0.2, 0.25) is 0 Å². The normalized spacial score (nSPS) is 27.3. The van der Waals surface area contributed by atoms with Crippen molar-refractivity contribution < 1.29 is 0 Å². The van der Waals surface area contributed by atoms with Gasteiger partial charge in [-0.15, -0.1) is 0 Å². The van der Waals surface area contributed by atoms with Crippen molar-refractivity contribution in [2.24, 2.45) is 5.92 Å². The summed E-state index contributed by atoms with van der Waals surface area (Å²) in [5.41, 5.74) is 0. The largest absolute Gasteiger partial charge is 0.315 e. The number of nitrogens with zero attached hydrogens (tertiary/aromatic N) is 1. The van der Waals surface area contributed by atoms with Crippen molar-refractivity contribution in [3.8, 4) is 0 Å². The van der Waals surface area contributed by atoms with Gasteiger partial charge in [-0.25, -0.2) is 0 Å². The van der Waals surface area contributed by atoms with E-state index in [1.54, 1.807) is 0 Å². The van der Waals surface area contributed by atoms with Crippen LogP contribution in [0, 0.1) is 5.92 Å². The number of hydrogen-bond donors (Lipinski definition) is 1. The second-order valence-corrected chi connectivity index (χ2v) is 6.04. The highest BCUT2D eigenvalue weighted by Gasteiger charge is 2.29. The number of rotatable bonds is 8. The Kier molecular flexibility index (Phi) is 7.92. The van der Waals surface area contributed by atoms with Crippen LogP contribution < -0.4 is 5.32 Å². The minimum Gasteiger partial charge on any atom is -0.315 e. The molecule has 1 fully saturated rings. The first-order valence-corrected chi connectivity index (χ1v) is 8.19. The molecule has 18 heavy (non-hydrogen) atoms. The first kappa shape index (κ1) is 16.0. The number of piperidine rings is 1. The Balaban J connectivity index is 2.51. The lowest BCUT2D eigenvalue weighted by Gasteiger charge is -2.43. The SMILES string of the molecule is CCCNCC(CCC)N1CC(CC)CCC1C. The molecule has 0 aromatic heterocycles. The molecule has 1 N–H and O–H groups in total. The number of hydrogen-bond acceptors (Lipinski definition) is 2. The van der Waals surface area contributed by atoms with Crippen molar-refractivity contribution >= 4 is 0 Å². The van der Waals surface area contributed by atoms with Crippen LogP contribution in [0.2, 0.25) is 0 Å². The molecule has 0 amide bonds. The van der Waals surface area contributed by atoms with E-state index < -0.39 is 0 Å². The van der Waals surface area contributed by atoms with Gasteiger partial charge in [0.1, 0.15) is 0 Å². The van der Waals surface area contributed by atoms with Crippen molar-refractivity contribution in [1.29, 1.82) is 0 Å². The Morgan fingerprint density at radius 1 is 1.17 bits per heavy atom. The molecule has 1 aliphatic rings. The molecule has 0 radical (unpaired) electrons. The van der Waals surface area contributed by atoms with Crippen LogP contribution in [0.3, 0.4) is 0 Å². The van der Waals surface area contributed by atoms with E-state index in [9.17, 15) is 0 Å². The third-order valence-electron chi connectivity index (χ3n) is 4.50. The van der Waals surface area contributed by atoms with Gasteiger partial charge in [0.05, 0.1) is 0 Å². The van der Waals surface area contributed by atoms with E-state index in [-0.39, 0.29) is 0 Å². The maximum absolute atomic E-state index is 3.63. The van der Waals surface area contributed by atoms with Crippen molar-refractivity contribution in [3.63, 3.8) is 0 Å². The molecule has 0 aliphatic carbocycles. The third kappa shape index (κ3) is 4.89. The minimum absolute atomic E-state index is 0.755. The molecule has 0 aromatic rings. The van der Waals surface area contributed by atoms with Gasteiger partial charge in [-0.1, -0.05) is 33.6 Å². The molecule has 1 heterocycles. The van der Waals surface area contributed by atoms with Crippen molar-refractivity contribution in [2.75, 3.05) is 19.6 Å². The van der Waals surface area contributed by atoms with Crippen LogP contribution >= 0.6 is 0 Å². The van der Waals surface area contributed by atoms with Crippen molar-refractivity contribution in [3.05, 3.63) is 0 Å². The van der Waals surface area contributed by atoms with Gasteiger partial charge in [-0.05, 0) is 45.1 Å². The summed E-state index contributed by atoms with van der Waals surface area (Å²) in [6.07, 6.45) is 8.08. The fourth-order valence-corrected chi connectivity index (χ4v) is 3.22. The van der Waals surface area contributed by atoms with E-state index >= 15 is 0 Å². The lowest BCUT2D eigenvalue weighted by Crippen LogP contribution is -2.51. The van der Waals surface area contributed by atoms with Gasteiger partial charge in [-0.2, -0.15) is 0 Å². The fourth-order valence-electron chi connectivity index (χ4n) is 3.22. The van der Waals surface area contributed by atoms with Crippen LogP contribution in [-0.2, 0) is 0 Å². The highest BCUT2D eigenvalue weighted by molar-refractivity contribution is 4.84. The molecule has 3 unspecified atom stereocenters. The van der Waals surface area contributed by atoms with E-state index in [1.807, 2.05) is 0 Å². The molecule has 0 spiro atoms. The molecule has 0 bridgehead atoms. The molecule has 1 saturated heterocycles. The van der Waals surface area contributed by atoms with E-state index in [0.29, 0.717) is 0 Å². The van der Waals surface area contributed by atoms with Gasteiger partial charge in [0.25, 0.3) is 0 Å². The standard InChI is InChI=1S/C16H34N2/c1-5-8-16(12-17-11-6-2)18-13-15(7-3)10-9-14(18)4/h14-17H,5-13H2,1-4H3. The Labute approximate surface area is 115 Å². The van der Waals surface area contributed by atoms with E-state index in [0.717, 1.165) is 18.0 Å². The van der Waals surface area contributed by atoms with Crippen molar-refractivity contribution in [2.45, 2.75) is 78.3 Å². The fraction of sp³-hybridized carbons (Fsp3) is 1.00. The monoisotopic (exact) mass is 254 g/mol. The van der Waals surface area contributed by atoms with Gasteiger partial charge < -0.3 is 5.32 Å². The summed E-state index contributed by atoms with van der Waals surface area (Å²) in [7, 11) is 0. The van der Waals surface area contributed by atoms with Crippen LogP contribution in [0.15, 0.2) is 0 Å². The van der Waals surface area contributed by atoms with Gasteiger partial charge in [0.15, 0.2) is 0 Å². The molecular formula is C16H34N2. The summed E-state index contributed by atoms with van der Waals surface area (Å²) >= 11 is 0. The van der Waals surface area contributed by atoms with E-state index in [2.05, 4.69) is 37.9 Å². The van der Waals surface area contributed by atoms with Crippen molar-refractivity contribution in [1.82, 2.24) is 10.2 Å². The summed E-state index contributed by atoms with van der Waals surface area (Å²) < 4.78 is 0. The summed E-state index contributed by atoms with van der Waals surface area (Å²) in [6.45, 7) is 13.0. The van der Waals surface area contributed by atoms with Crippen LogP contribution in [-0.4, -0.2) is 36.6 Å². The first-order chi connectivity index (χ1) is 8.72. The van der Waals surface area contributed by atoms with Crippen LogP contribution in [0.4, 0.5) is 0 Å². The molecule has 108 valence electrons. The molecule has 1 rings (SSSR count). The van der Waals surface area contributed by atoms with Gasteiger partial charge >= 0.3 is 0 Å². The zero-order valence-electron chi connectivity index (χ0n) is 13.0. The Morgan fingerprint density at radius 2 is 1.94 bits per heavy atom. The summed E-state index contributed by atoms with van der Waals surface area (Å²) in [6, 6.07) is 1.54. The Morgan fingerprint density at radius 3 is 2.56 bits per heavy atom. The zero-order valence-corrected chi connectivity index (χ0v) is 13.0. The van der Waals surface area contributed by atoms with Gasteiger partial charge in [0, 0.05) is 25.2 Å². The Hall–Kier alpha value is -0.0800. The second-order valence-electron chi connectivity index (χ2n) is 6.04. The lowest BCUT2D eigenvalue weighted by molar-refractivity contribution is 0.0651. The van der Waals surface area contributed by atoms with Crippen LogP contribution in [0.5, 0.6) is 0 Å². The minimum atomic E-state index is 0.755. The van der Waals surface area contributed by atoms with E-state index in [1.165, 1.54) is 58.2 Å².